The summed E-state index contributed by atoms with van der Waals surface area (Å²) in [5.74, 6) is 0.244. The predicted octanol–water partition coefficient (Wildman–Crippen LogP) is 0.997. The number of nitrogens with one attached hydrogen (secondary N) is 1. The summed E-state index contributed by atoms with van der Waals surface area (Å²) in [5.41, 5.74) is 2.52. The molecule has 1 N–H and O–H groups in total. The number of hydrogen-bond acceptors (Lipinski definition) is 6. The third kappa shape index (κ3) is 2.48. The average Bonchev–Trinajstić information content (AvgIpc) is 2.65. The standard InChI is InChI=1S/C10H13ClN4O2/c1-10(5-3-8(16)17-2)13-9-12-6-4-7(11)15(9)14-10/h4,6,14H,3,5H2,1-2H3. The van der Waals surface area contributed by atoms with Gasteiger partial charge in [0.1, 0.15) is 10.8 Å². The van der Waals surface area contributed by atoms with Gasteiger partial charge in [0.05, 0.1) is 7.11 Å². The number of halogens is 1. The van der Waals surface area contributed by atoms with Crippen molar-refractivity contribution in [2.45, 2.75) is 25.4 Å². The van der Waals surface area contributed by atoms with E-state index in [9.17, 15) is 4.79 Å². The van der Waals surface area contributed by atoms with Crippen LogP contribution in [-0.2, 0) is 9.53 Å². The molecule has 2 heterocycles. The third-order valence-corrected chi connectivity index (χ3v) is 2.85. The molecular weight excluding hydrogens is 244 g/mol. The second-order valence-corrected chi connectivity index (χ2v) is 4.36. The van der Waals surface area contributed by atoms with Gasteiger partial charge in [0.25, 0.3) is 0 Å². The summed E-state index contributed by atoms with van der Waals surface area (Å²) in [6, 6.07) is 0. The van der Waals surface area contributed by atoms with Crippen LogP contribution in [0.2, 0.25) is 0 Å². The zero-order valence-corrected chi connectivity index (χ0v) is 10.4. The first-order chi connectivity index (χ1) is 8.04. The maximum Gasteiger partial charge on any atom is 0.305 e. The predicted molar refractivity (Wildman–Crippen MR) is 64.5 cm³/mol. The number of nitrogens with zero attached hydrogens (tertiary/aromatic N) is 3. The molecule has 0 aromatic carbocycles. The molecule has 1 atom stereocenters. The van der Waals surface area contributed by atoms with Crippen LogP contribution in [0.25, 0.3) is 0 Å². The Bertz CT molecular complexity index is 432. The number of allylic oxidation sites excluding steroid dienone is 1. The second-order valence-electron chi connectivity index (χ2n) is 3.98. The molecule has 0 bridgehead atoms. The Morgan fingerprint density at radius 1 is 1.71 bits per heavy atom. The highest BCUT2D eigenvalue weighted by Gasteiger charge is 2.37. The minimum absolute atomic E-state index is 0.261. The van der Waals surface area contributed by atoms with Gasteiger partial charge in [-0.25, -0.2) is 15.0 Å². The van der Waals surface area contributed by atoms with Crippen LogP contribution in [-0.4, -0.2) is 35.9 Å². The Morgan fingerprint density at radius 2 is 2.47 bits per heavy atom. The molecule has 92 valence electrons. The average molecular weight is 257 g/mol. The van der Waals surface area contributed by atoms with E-state index in [0.29, 0.717) is 17.5 Å². The topological polar surface area (TPSA) is 66.3 Å². The Kier molecular flexibility index (Phi) is 3.17. The second kappa shape index (κ2) is 4.46. The molecule has 2 aliphatic rings. The number of guanidine groups is 1. The quantitative estimate of drug-likeness (QED) is 0.604. The summed E-state index contributed by atoms with van der Waals surface area (Å²) >= 11 is 6.00. The van der Waals surface area contributed by atoms with E-state index < -0.39 is 5.66 Å². The van der Waals surface area contributed by atoms with Gasteiger partial charge in [-0.2, -0.15) is 5.43 Å². The van der Waals surface area contributed by atoms with E-state index in [1.54, 1.807) is 17.3 Å². The summed E-state index contributed by atoms with van der Waals surface area (Å²) < 4.78 is 4.60. The van der Waals surface area contributed by atoms with Crippen LogP contribution >= 0.6 is 11.6 Å². The molecule has 2 rings (SSSR count). The van der Waals surface area contributed by atoms with E-state index >= 15 is 0 Å². The SMILES string of the molecule is COC(=O)CCC1(C)N=C2N=CC=C(Cl)N2N1. The lowest BCUT2D eigenvalue weighted by atomic mass is 10.1. The molecule has 0 amide bonds. The van der Waals surface area contributed by atoms with Crippen molar-refractivity contribution in [2.75, 3.05) is 7.11 Å². The number of rotatable bonds is 3. The molecule has 0 aromatic heterocycles. The maximum absolute atomic E-state index is 11.1. The molecule has 0 saturated heterocycles. The molecule has 0 saturated carbocycles. The lowest BCUT2D eigenvalue weighted by Crippen LogP contribution is -2.45. The zero-order chi connectivity index (χ0) is 12.5. The summed E-state index contributed by atoms with van der Waals surface area (Å²) in [7, 11) is 1.37. The van der Waals surface area contributed by atoms with E-state index in [4.69, 9.17) is 11.6 Å². The lowest BCUT2D eigenvalue weighted by Gasteiger charge is -2.25. The largest absolute Gasteiger partial charge is 0.469 e. The number of carbonyl (C=O) groups excluding carboxylic acids is 1. The van der Waals surface area contributed by atoms with Gasteiger partial charge in [0.15, 0.2) is 0 Å². The molecule has 0 aromatic rings. The minimum Gasteiger partial charge on any atom is -0.469 e. The Labute approximate surface area is 104 Å². The number of carbonyl (C=O) groups is 1. The van der Waals surface area contributed by atoms with Crippen molar-refractivity contribution >= 4 is 29.7 Å². The Hall–Kier alpha value is -1.40. The van der Waals surface area contributed by atoms with Crippen LogP contribution in [0.4, 0.5) is 0 Å². The maximum atomic E-state index is 11.1. The molecule has 0 spiro atoms. The molecular formula is C10H13ClN4O2. The van der Waals surface area contributed by atoms with Crippen molar-refractivity contribution in [1.29, 1.82) is 0 Å². The number of ether oxygens (including phenoxy) is 1. The highest BCUT2D eigenvalue weighted by atomic mass is 35.5. The molecule has 0 radical (unpaired) electrons. The number of methoxy groups -OCH3 is 1. The van der Waals surface area contributed by atoms with Crippen LogP contribution in [0.5, 0.6) is 0 Å². The van der Waals surface area contributed by atoms with Crippen LogP contribution in [0.1, 0.15) is 19.8 Å². The van der Waals surface area contributed by atoms with Gasteiger partial charge in [-0.15, -0.1) is 0 Å². The van der Waals surface area contributed by atoms with Gasteiger partial charge in [0, 0.05) is 12.6 Å². The molecule has 0 aliphatic carbocycles. The van der Waals surface area contributed by atoms with Gasteiger partial charge in [-0.1, -0.05) is 11.6 Å². The van der Waals surface area contributed by atoms with Crippen molar-refractivity contribution in [3.8, 4) is 0 Å². The normalized spacial score (nSPS) is 26.4. The smallest absolute Gasteiger partial charge is 0.305 e. The minimum atomic E-state index is -0.584. The van der Waals surface area contributed by atoms with E-state index in [2.05, 4.69) is 20.1 Å². The molecule has 1 unspecified atom stereocenters. The summed E-state index contributed by atoms with van der Waals surface area (Å²) in [6.45, 7) is 1.88. The fraction of sp³-hybridized carbons (Fsp3) is 0.500. The monoisotopic (exact) mass is 256 g/mol. The highest BCUT2D eigenvalue weighted by molar-refractivity contribution is 6.32. The fourth-order valence-corrected chi connectivity index (χ4v) is 1.80. The van der Waals surface area contributed by atoms with Crippen LogP contribution in [0.15, 0.2) is 21.2 Å². The molecule has 2 aliphatic heterocycles. The Balaban J connectivity index is 2.05. The van der Waals surface area contributed by atoms with Gasteiger partial charge < -0.3 is 4.74 Å². The molecule has 17 heavy (non-hydrogen) atoms. The van der Waals surface area contributed by atoms with E-state index in [0.717, 1.165) is 0 Å². The van der Waals surface area contributed by atoms with Crippen LogP contribution in [0, 0.1) is 0 Å². The first-order valence-corrected chi connectivity index (χ1v) is 5.56. The van der Waals surface area contributed by atoms with Crippen molar-refractivity contribution in [3.05, 3.63) is 11.2 Å². The van der Waals surface area contributed by atoms with Gasteiger partial charge in [-0.3, -0.25) is 4.79 Å². The molecule has 6 nitrogen and oxygen atoms in total. The van der Waals surface area contributed by atoms with Crippen LogP contribution < -0.4 is 5.43 Å². The van der Waals surface area contributed by atoms with Crippen molar-refractivity contribution in [1.82, 2.24) is 10.4 Å². The summed E-state index contributed by atoms with van der Waals surface area (Å²) in [6.07, 6.45) is 4.06. The van der Waals surface area contributed by atoms with Gasteiger partial charge in [0.2, 0.25) is 5.96 Å². The summed E-state index contributed by atoms with van der Waals surface area (Å²) in [5, 5.41) is 2.10. The lowest BCUT2D eigenvalue weighted by molar-refractivity contribution is -0.141. The zero-order valence-electron chi connectivity index (χ0n) is 9.61. The Morgan fingerprint density at radius 3 is 3.12 bits per heavy atom. The van der Waals surface area contributed by atoms with Gasteiger partial charge >= 0.3 is 5.97 Å². The summed E-state index contributed by atoms with van der Waals surface area (Å²) in [4.78, 5) is 19.6. The van der Waals surface area contributed by atoms with E-state index in [1.165, 1.54) is 7.11 Å². The number of esters is 1. The molecule has 0 fully saturated rings. The van der Waals surface area contributed by atoms with Crippen LogP contribution in [0.3, 0.4) is 0 Å². The highest BCUT2D eigenvalue weighted by Crippen LogP contribution is 2.26. The number of aliphatic imine (C=N–C) groups is 2. The van der Waals surface area contributed by atoms with Crippen molar-refractivity contribution < 1.29 is 9.53 Å². The van der Waals surface area contributed by atoms with Crippen molar-refractivity contribution in [3.63, 3.8) is 0 Å². The molecule has 7 heteroatoms. The first-order valence-electron chi connectivity index (χ1n) is 5.18. The third-order valence-electron chi connectivity index (χ3n) is 2.56. The first kappa shape index (κ1) is 12.1. The number of hydrazine groups is 1. The van der Waals surface area contributed by atoms with E-state index in [-0.39, 0.29) is 12.4 Å². The van der Waals surface area contributed by atoms with E-state index in [1.807, 2.05) is 6.92 Å². The van der Waals surface area contributed by atoms with Crippen molar-refractivity contribution in [2.24, 2.45) is 9.98 Å². The fourth-order valence-electron chi connectivity index (χ4n) is 1.62. The number of fused-ring (bicyclic) bond motifs is 1. The van der Waals surface area contributed by atoms with Gasteiger partial charge in [-0.05, 0) is 19.4 Å². The number of hydrogen-bond donors (Lipinski definition) is 1.